The molecule has 0 saturated heterocycles. The molecular weight excluding hydrogens is 290 g/mol. The molecule has 4 heteroatoms. The molecule has 1 aromatic carbocycles. The van der Waals surface area contributed by atoms with E-state index in [1.165, 1.54) is 0 Å². The Morgan fingerprint density at radius 3 is 2.94 bits per heavy atom. The van der Waals surface area contributed by atoms with Gasteiger partial charge in [0.05, 0.1) is 17.4 Å². The molecule has 1 aromatic heterocycles. The summed E-state index contributed by atoms with van der Waals surface area (Å²) >= 11 is 3.45. The van der Waals surface area contributed by atoms with Crippen molar-refractivity contribution in [3.8, 4) is 6.07 Å². The van der Waals surface area contributed by atoms with E-state index in [-0.39, 0.29) is 6.04 Å². The highest BCUT2D eigenvalue weighted by atomic mass is 79.9. The molecule has 0 bridgehead atoms. The molecule has 0 fully saturated rings. The van der Waals surface area contributed by atoms with Gasteiger partial charge >= 0.3 is 0 Å². The number of nitrogens with zero attached hydrogens (tertiary/aromatic N) is 2. The highest BCUT2D eigenvalue weighted by Gasteiger charge is 2.08. The summed E-state index contributed by atoms with van der Waals surface area (Å²) in [4.78, 5) is 4.03. The Morgan fingerprint density at radius 2 is 2.22 bits per heavy atom. The molecule has 0 aliphatic carbocycles. The minimum Gasteiger partial charge on any atom is -0.376 e. The van der Waals surface area contributed by atoms with E-state index in [1.807, 2.05) is 18.2 Å². The van der Waals surface area contributed by atoms with Crippen LogP contribution in [0.15, 0.2) is 47.2 Å². The van der Waals surface area contributed by atoms with Gasteiger partial charge in [0.2, 0.25) is 0 Å². The number of halogens is 1. The fourth-order valence-electron chi connectivity index (χ4n) is 1.70. The molecule has 1 heterocycles. The monoisotopic (exact) mass is 301 g/mol. The van der Waals surface area contributed by atoms with E-state index >= 15 is 0 Å². The van der Waals surface area contributed by atoms with Crippen LogP contribution < -0.4 is 5.32 Å². The van der Waals surface area contributed by atoms with Crippen LogP contribution in [0.1, 0.15) is 24.1 Å². The molecule has 18 heavy (non-hydrogen) atoms. The molecule has 90 valence electrons. The van der Waals surface area contributed by atoms with Gasteiger partial charge in [0, 0.05) is 16.7 Å². The summed E-state index contributed by atoms with van der Waals surface area (Å²) < 4.78 is 1.04. The molecule has 0 radical (unpaired) electrons. The van der Waals surface area contributed by atoms with Gasteiger partial charge in [-0.1, -0.05) is 28.1 Å². The summed E-state index contributed by atoms with van der Waals surface area (Å²) in [5.41, 5.74) is 2.51. The molecule has 3 nitrogen and oxygen atoms in total. The number of hydrogen-bond acceptors (Lipinski definition) is 3. The van der Waals surface area contributed by atoms with Crippen LogP contribution in [0, 0.1) is 11.3 Å². The van der Waals surface area contributed by atoms with E-state index in [2.05, 4.69) is 45.3 Å². The first-order valence-corrected chi connectivity index (χ1v) is 6.36. The minimum atomic E-state index is 0.110. The van der Waals surface area contributed by atoms with Crippen molar-refractivity contribution >= 4 is 21.6 Å². The second kappa shape index (κ2) is 5.65. The number of rotatable bonds is 3. The van der Waals surface area contributed by atoms with E-state index < -0.39 is 0 Å². The van der Waals surface area contributed by atoms with E-state index in [4.69, 9.17) is 5.26 Å². The number of aromatic nitrogens is 1. The van der Waals surface area contributed by atoms with E-state index in [0.29, 0.717) is 5.56 Å². The van der Waals surface area contributed by atoms with Crippen LogP contribution in [-0.2, 0) is 0 Å². The van der Waals surface area contributed by atoms with Gasteiger partial charge in [0.1, 0.15) is 6.07 Å². The van der Waals surface area contributed by atoms with Crippen LogP contribution in [0.5, 0.6) is 0 Å². The van der Waals surface area contributed by atoms with Crippen LogP contribution in [0.4, 0.5) is 5.69 Å². The number of benzene rings is 1. The van der Waals surface area contributed by atoms with Crippen LogP contribution in [-0.4, -0.2) is 4.98 Å². The topological polar surface area (TPSA) is 48.7 Å². The molecule has 1 unspecified atom stereocenters. The molecule has 1 N–H and O–H groups in total. The largest absolute Gasteiger partial charge is 0.376 e. The van der Waals surface area contributed by atoms with Gasteiger partial charge in [0.25, 0.3) is 0 Å². The second-order valence-corrected chi connectivity index (χ2v) is 4.87. The van der Waals surface area contributed by atoms with Crippen molar-refractivity contribution in [2.24, 2.45) is 0 Å². The Morgan fingerprint density at radius 1 is 1.39 bits per heavy atom. The highest BCUT2D eigenvalue weighted by Crippen LogP contribution is 2.23. The van der Waals surface area contributed by atoms with Gasteiger partial charge in [-0.15, -0.1) is 0 Å². The maximum Gasteiger partial charge on any atom is 0.101 e. The third kappa shape index (κ3) is 2.88. The number of anilines is 1. The van der Waals surface area contributed by atoms with Gasteiger partial charge in [-0.3, -0.25) is 4.98 Å². The lowest BCUT2D eigenvalue weighted by Gasteiger charge is -2.16. The number of nitrogens with one attached hydrogen (secondary N) is 1. The minimum absolute atomic E-state index is 0.110. The normalized spacial score (nSPS) is 11.6. The summed E-state index contributed by atoms with van der Waals surface area (Å²) in [6, 6.07) is 12.0. The first-order valence-electron chi connectivity index (χ1n) is 5.57. The van der Waals surface area contributed by atoms with E-state index in [1.54, 1.807) is 18.5 Å². The van der Waals surface area contributed by atoms with Crippen molar-refractivity contribution in [1.82, 2.24) is 4.98 Å². The summed E-state index contributed by atoms with van der Waals surface area (Å²) in [5.74, 6) is 0. The van der Waals surface area contributed by atoms with Crippen LogP contribution in [0.3, 0.4) is 0 Å². The van der Waals surface area contributed by atoms with Crippen LogP contribution >= 0.6 is 15.9 Å². The van der Waals surface area contributed by atoms with Gasteiger partial charge in [-0.25, -0.2) is 0 Å². The van der Waals surface area contributed by atoms with Crippen molar-refractivity contribution in [1.29, 1.82) is 5.26 Å². The third-order valence-corrected chi connectivity index (χ3v) is 3.16. The second-order valence-electron chi connectivity index (χ2n) is 3.95. The lowest BCUT2D eigenvalue weighted by atomic mass is 10.1. The Hall–Kier alpha value is -1.86. The maximum absolute atomic E-state index is 9.02. The zero-order valence-electron chi connectivity index (χ0n) is 9.89. The summed E-state index contributed by atoms with van der Waals surface area (Å²) in [6.07, 6.45) is 3.29. The molecule has 2 rings (SSSR count). The maximum atomic E-state index is 9.02. The molecule has 0 aliphatic rings. The number of pyridine rings is 1. The van der Waals surface area contributed by atoms with Gasteiger partial charge in [-0.2, -0.15) is 5.26 Å². The standard InChI is InChI=1S/C14H12BrN3/c1-10(11-3-2-4-13(15)7-11)18-14-9-17-6-5-12(14)8-16/h2-7,9-10,18H,1H3. The summed E-state index contributed by atoms with van der Waals surface area (Å²) in [6.45, 7) is 2.05. The first kappa shape index (κ1) is 12.6. The van der Waals surface area contributed by atoms with Gasteiger partial charge in [0.15, 0.2) is 0 Å². The Labute approximate surface area is 115 Å². The van der Waals surface area contributed by atoms with E-state index in [9.17, 15) is 0 Å². The van der Waals surface area contributed by atoms with Crippen molar-refractivity contribution < 1.29 is 0 Å². The predicted molar refractivity (Wildman–Crippen MR) is 75.1 cm³/mol. The quantitative estimate of drug-likeness (QED) is 0.935. The fraction of sp³-hybridized carbons (Fsp3) is 0.143. The smallest absolute Gasteiger partial charge is 0.101 e. The molecule has 0 aliphatic heterocycles. The van der Waals surface area contributed by atoms with Gasteiger partial charge < -0.3 is 5.32 Å². The molecule has 2 aromatic rings. The van der Waals surface area contributed by atoms with Crippen molar-refractivity contribution in [3.63, 3.8) is 0 Å². The SMILES string of the molecule is CC(Nc1cnccc1C#N)c1cccc(Br)c1. The number of nitriles is 1. The molecular formula is C14H12BrN3. The summed E-state index contributed by atoms with van der Waals surface area (Å²) in [5, 5.41) is 12.3. The lowest BCUT2D eigenvalue weighted by Crippen LogP contribution is -2.08. The highest BCUT2D eigenvalue weighted by molar-refractivity contribution is 9.10. The average molecular weight is 302 g/mol. The fourth-order valence-corrected chi connectivity index (χ4v) is 2.12. The van der Waals surface area contributed by atoms with Crippen molar-refractivity contribution in [2.45, 2.75) is 13.0 Å². The zero-order chi connectivity index (χ0) is 13.0. The molecule has 1 atom stereocenters. The Balaban J connectivity index is 2.22. The summed E-state index contributed by atoms with van der Waals surface area (Å²) in [7, 11) is 0. The van der Waals surface area contributed by atoms with Crippen molar-refractivity contribution in [2.75, 3.05) is 5.32 Å². The average Bonchev–Trinajstić information content (AvgIpc) is 2.39. The molecule has 0 amide bonds. The number of hydrogen-bond donors (Lipinski definition) is 1. The van der Waals surface area contributed by atoms with E-state index in [0.717, 1.165) is 15.7 Å². The third-order valence-electron chi connectivity index (χ3n) is 2.66. The van der Waals surface area contributed by atoms with Gasteiger partial charge in [-0.05, 0) is 30.7 Å². The molecule has 0 spiro atoms. The Kier molecular flexibility index (Phi) is 3.96. The molecule has 0 saturated carbocycles. The van der Waals surface area contributed by atoms with Crippen LogP contribution in [0.25, 0.3) is 0 Å². The zero-order valence-corrected chi connectivity index (χ0v) is 11.5. The first-order chi connectivity index (χ1) is 8.70. The van der Waals surface area contributed by atoms with Crippen LogP contribution in [0.2, 0.25) is 0 Å². The predicted octanol–water partition coefficient (Wildman–Crippen LogP) is 3.89. The Bertz CT molecular complexity index is 590. The lowest BCUT2D eigenvalue weighted by molar-refractivity contribution is 0.881. The van der Waals surface area contributed by atoms with Crippen molar-refractivity contribution in [3.05, 3.63) is 58.3 Å².